The first-order valence-corrected chi connectivity index (χ1v) is 15.7. The summed E-state index contributed by atoms with van der Waals surface area (Å²) >= 11 is 1.41. The fraction of sp³-hybridized carbons (Fsp3) is 0.229. The molecule has 0 saturated carbocycles. The third-order valence-corrected chi connectivity index (χ3v) is 8.50. The molecule has 0 aromatic heterocycles. The fourth-order valence-electron chi connectivity index (χ4n) is 5.00. The van der Waals surface area contributed by atoms with Crippen LogP contribution in [-0.2, 0) is 41.7 Å². The van der Waals surface area contributed by atoms with Gasteiger partial charge in [0.15, 0.2) is 11.5 Å². The maximum atomic E-state index is 13.6. The van der Waals surface area contributed by atoms with Gasteiger partial charge in [0.05, 0.1) is 13.5 Å². The Kier molecular flexibility index (Phi) is 10.4. The van der Waals surface area contributed by atoms with Crippen molar-refractivity contribution >= 4 is 47.6 Å². The van der Waals surface area contributed by atoms with Crippen molar-refractivity contribution in [3.63, 3.8) is 0 Å². The van der Waals surface area contributed by atoms with Crippen molar-refractivity contribution < 1.29 is 42.9 Å². The van der Waals surface area contributed by atoms with Gasteiger partial charge in [-0.05, 0) is 46.5 Å². The van der Waals surface area contributed by atoms with Crippen LogP contribution in [0.25, 0.3) is 6.08 Å². The smallest absolute Gasteiger partial charge is 0.355 e. The topological polar surface area (TPSA) is 138 Å². The minimum absolute atomic E-state index is 0.0379. The van der Waals surface area contributed by atoms with Crippen LogP contribution in [0.5, 0.6) is 17.2 Å². The van der Waals surface area contributed by atoms with Crippen molar-refractivity contribution in [3.05, 3.63) is 107 Å². The quantitative estimate of drug-likeness (QED) is 0.182. The molecule has 11 nitrogen and oxygen atoms in total. The SMILES string of the molecule is COc1ccc(COC(=O)C2=C(C=Cc3ccc(OC(C)=O)c(OC(C)=O)c3)CS[C@@H]3[C@H](NC(=O)Cc4ccccc4)C(=O)N23)cc1. The molecule has 242 valence electrons. The molecule has 2 atom stereocenters. The van der Waals surface area contributed by atoms with Crippen LogP contribution in [0.4, 0.5) is 0 Å². The van der Waals surface area contributed by atoms with E-state index < -0.39 is 35.2 Å². The second-order valence-corrected chi connectivity index (χ2v) is 11.7. The molecule has 2 heterocycles. The zero-order valence-electron chi connectivity index (χ0n) is 25.9. The first-order valence-electron chi connectivity index (χ1n) is 14.6. The molecule has 3 aromatic rings. The predicted octanol–water partition coefficient (Wildman–Crippen LogP) is 4.20. The number of nitrogens with zero attached hydrogens (tertiary/aromatic N) is 1. The molecule has 2 amide bonds. The molecule has 0 bridgehead atoms. The number of benzene rings is 3. The van der Waals surface area contributed by atoms with Gasteiger partial charge in [-0.25, -0.2) is 4.79 Å². The molecule has 0 radical (unpaired) electrons. The van der Waals surface area contributed by atoms with Crippen molar-refractivity contribution in [1.29, 1.82) is 0 Å². The van der Waals surface area contributed by atoms with Gasteiger partial charge in [-0.1, -0.05) is 60.7 Å². The van der Waals surface area contributed by atoms with Crippen LogP contribution in [-0.4, -0.2) is 58.9 Å². The molecule has 0 aliphatic carbocycles. The molecule has 2 aliphatic rings. The Balaban J connectivity index is 1.39. The summed E-state index contributed by atoms with van der Waals surface area (Å²) < 4.78 is 21.2. The molecule has 0 unspecified atom stereocenters. The number of nitrogens with one attached hydrogen (secondary N) is 1. The van der Waals surface area contributed by atoms with Gasteiger partial charge in [-0.3, -0.25) is 24.1 Å². The first kappa shape index (κ1) is 33.0. The van der Waals surface area contributed by atoms with E-state index in [2.05, 4.69) is 5.32 Å². The first-order chi connectivity index (χ1) is 22.6. The van der Waals surface area contributed by atoms with Crippen LogP contribution in [0.1, 0.15) is 30.5 Å². The van der Waals surface area contributed by atoms with E-state index in [4.69, 9.17) is 18.9 Å². The third kappa shape index (κ3) is 8.08. The van der Waals surface area contributed by atoms with Crippen LogP contribution in [0, 0.1) is 0 Å². The van der Waals surface area contributed by atoms with Gasteiger partial charge in [0.1, 0.15) is 29.5 Å². The van der Waals surface area contributed by atoms with Gasteiger partial charge in [-0.15, -0.1) is 11.8 Å². The van der Waals surface area contributed by atoms with Crippen molar-refractivity contribution in [3.8, 4) is 17.2 Å². The highest BCUT2D eigenvalue weighted by atomic mass is 32.2. The molecule has 1 fully saturated rings. The molecular formula is C35H32N2O9S. The minimum atomic E-state index is -0.800. The van der Waals surface area contributed by atoms with E-state index in [-0.39, 0.29) is 36.1 Å². The lowest BCUT2D eigenvalue weighted by atomic mass is 10.0. The summed E-state index contributed by atoms with van der Waals surface area (Å²) in [7, 11) is 1.56. The summed E-state index contributed by atoms with van der Waals surface area (Å²) in [5, 5.41) is 2.32. The number of hydrogen-bond donors (Lipinski definition) is 1. The maximum Gasteiger partial charge on any atom is 0.355 e. The number of β-lactam (4-membered cyclic amide) rings is 1. The van der Waals surface area contributed by atoms with Crippen LogP contribution in [0.15, 0.2) is 90.1 Å². The monoisotopic (exact) mass is 656 g/mol. The maximum absolute atomic E-state index is 13.6. The number of amides is 2. The Labute approximate surface area is 275 Å². The number of carbonyl (C=O) groups excluding carboxylic acids is 5. The molecule has 1 N–H and O–H groups in total. The Morgan fingerprint density at radius 2 is 1.60 bits per heavy atom. The fourth-order valence-corrected chi connectivity index (χ4v) is 6.32. The average Bonchev–Trinajstić information content (AvgIpc) is 3.06. The molecule has 12 heteroatoms. The standard InChI is InChI=1S/C35H32N2O9S/c1-21(38)45-28-16-12-24(17-29(28)46-22(2)39)9-13-26-20-47-34-31(36-30(40)18-23-7-5-4-6-8-23)33(41)37(34)32(26)35(42)44-19-25-10-14-27(43-3)15-11-25/h4-17,31,34H,18-20H2,1-3H3,(H,36,40)/t31-,34-/m1/s1. The van der Waals surface area contributed by atoms with Crippen LogP contribution >= 0.6 is 11.8 Å². The van der Waals surface area contributed by atoms with E-state index in [1.807, 2.05) is 30.3 Å². The molecule has 1 saturated heterocycles. The third-order valence-electron chi connectivity index (χ3n) is 7.20. The van der Waals surface area contributed by atoms with Crippen molar-refractivity contribution in [2.75, 3.05) is 12.9 Å². The highest BCUT2D eigenvalue weighted by Crippen LogP contribution is 2.41. The number of thioether (sulfide) groups is 1. The number of rotatable bonds is 11. The Hall–Kier alpha value is -5.36. The van der Waals surface area contributed by atoms with Gasteiger partial charge >= 0.3 is 17.9 Å². The molecule has 0 spiro atoms. The molecule has 47 heavy (non-hydrogen) atoms. The zero-order chi connectivity index (χ0) is 33.5. The van der Waals surface area contributed by atoms with Gasteiger partial charge in [0.2, 0.25) is 5.91 Å². The summed E-state index contributed by atoms with van der Waals surface area (Å²) in [4.78, 5) is 64.4. The molecular weight excluding hydrogens is 624 g/mol. The van der Waals surface area contributed by atoms with Crippen LogP contribution in [0.3, 0.4) is 0 Å². The highest BCUT2D eigenvalue weighted by molar-refractivity contribution is 8.00. The lowest BCUT2D eigenvalue weighted by molar-refractivity contribution is -0.153. The Bertz CT molecular complexity index is 1750. The number of methoxy groups -OCH3 is 1. The van der Waals surface area contributed by atoms with Gasteiger partial charge in [-0.2, -0.15) is 0 Å². The number of fused-ring (bicyclic) bond motifs is 1. The van der Waals surface area contributed by atoms with Crippen LogP contribution < -0.4 is 19.5 Å². The number of carbonyl (C=O) groups is 5. The molecule has 5 rings (SSSR count). The number of allylic oxidation sites excluding steroid dienone is 1. The van der Waals surface area contributed by atoms with Gasteiger partial charge in [0.25, 0.3) is 5.91 Å². The van der Waals surface area contributed by atoms with E-state index >= 15 is 0 Å². The van der Waals surface area contributed by atoms with Crippen molar-refractivity contribution in [1.82, 2.24) is 10.2 Å². The van der Waals surface area contributed by atoms with Gasteiger partial charge in [0, 0.05) is 19.6 Å². The Morgan fingerprint density at radius 3 is 2.28 bits per heavy atom. The summed E-state index contributed by atoms with van der Waals surface area (Å²) in [6, 6.07) is 20.1. The van der Waals surface area contributed by atoms with Crippen molar-refractivity contribution in [2.45, 2.75) is 38.3 Å². The summed E-state index contributed by atoms with van der Waals surface area (Å²) in [5.41, 5.74) is 2.72. The summed E-state index contributed by atoms with van der Waals surface area (Å²) in [6.07, 6.45) is 3.48. The number of ether oxygens (including phenoxy) is 4. The summed E-state index contributed by atoms with van der Waals surface area (Å²) in [6.45, 7) is 2.42. The predicted molar refractivity (Wildman–Crippen MR) is 173 cm³/mol. The van der Waals surface area contributed by atoms with E-state index in [9.17, 15) is 24.0 Å². The molecule has 3 aromatic carbocycles. The largest absolute Gasteiger partial charge is 0.497 e. The second-order valence-electron chi connectivity index (χ2n) is 10.6. The average molecular weight is 657 g/mol. The van der Waals surface area contributed by atoms with E-state index in [0.29, 0.717) is 22.6 Å². The zero-order valence-corrected chi connectivity index (χ0v) is 26.7. The van der Waals surface area contributed by atoms with Crippen LogP contribution in [0.2, 0.25) is 0 Å². The van der Waals surface area contributed by atoms with E-state index in [1.165, 1.54) is 42.6 Å². The lowest BCUT2D eigenvalue weighted by Gasteiger charge is -2.49. The highest BCUT2D eigenvalue weighted by Gasteiger charge is 2.54. The summed E-state index contributed by atoms with van der Waals surface area (Å²) in [5.74, 6) is -1.46. The minimum Gasteiger partial charge on any atom is -0.497 e. The lowest BCUT2D eigenvalue weighted by Crippen LogP contribution is -2.70. The normalized spacial score (nSPS) is 17.0. The van der Waals surface area contributed by atoms with Gasteiger partial charge < -0.3 is 24.3 Å². The van der Waals surface area contributed by atoms with E-state index in [0.717, 1.165) is 11.1 Å². The van der Waals surface area contributed by atoms with Crippen molar-refractivity contribution in [2.24, 2.45) is 0 Å². The van der Waals surface area contributed by atoms with E-state index in [1.54, 1.807) is 49.6 Å². The number of esters is 3. The second kappa shape index (κ2) is 14.8. The molecule has 2 aliphatic heterocycles. The Morgan fingerprint density at radius 1 is 0.894 bits per heavy atom. The number of hydrogen-bond acceptors (Lipinski definition) is 10.